The van der Waals surface area contributed by atoms with E-state index in [9.17, 15) is 0 Å². The summed E-state index contributed by atoms with van der Waals surface area (Å²) in [6.45, 7) is 31.2. The summed E-state index contributed by atoms with van der Waals surface area (Å²) in [5.41, 5.74) is 19.7. The minimum absolute atomic E-state index is 0.250. The quantitative estimate of drug-likeness (QED) is 0.117. The van der Waals surface area contributed by atoms with Crippen LogP contribution in [0.4, 0.5) is 0 Å². The molecule has 0 N–H and O–H groups in total. The Labute approximate surface area is 429 Å². The zero-order valence-electron chi connectivity index (χ0n) is 45.9. The minimum atomic E-state index is -1.62. The van der Waals surface area contributed by atoms with Gasteiger partial charge in [0, 0.05) is 5.41 Å². The summed E-state index contributed by atoms with van der Waals surface area (Å²) in [7, 11) is -3.24. The van der Waals surface area contributed by atoms with E-state index in [1.54, 1.807) is 0 Å². The highest BCUT2D eigenvalue weighted by Gasteiger charge is 2.35. The Balaban J connectivity index is 0.000000182. The molecule has 0 aromatic heterocycles. The molecule has 1 aliphatic rings. The predicted molar refractivity (Wildman–Crippen MR) is 313 cm³/mol. The van der Waals surface area contributed by atoms with Crippen LogP contribution in [0.1, 0.15) is 120 Å². The topological polar surface area (TPSA) is 9.23 Å². The van der Waals surface area contributed by atoms with Crippen molar-refractivity contribution in [3.8, 4) is 11.1 Å². The van der Waals surface area contributed by atoms with Crippen molar-refractivity contribution in [2.45, 2.75) is 163 Å². The number of aryl methyl sites for hydroxylation is 9. The first-order valence-electron chi connectivity index (χ1n) is 26.3. The molecule has 7 aromatic rings. The second-order valence-electron chi connectivity index (χ2n) is 22.8. The van der Waals surface area contributed by atoms with Gasteiger partial charge in [-0.15, -0.1) is 0 Å². The summed E-state index contributed by atoms with van der Waals surface area (Å²) in [6, 6.07) is 64.8. The molecule has 0 aliphatic heterocycles. The Hall–Kier alpha value is -5.07. The smallest absolute Gasteiger partial charge is 0.173 e. The van der Waals surface area contributed by atoms with E-state index >= 15 is 0 Å². The Kier molecular flexibility index (Phi) is 20.6. The molecule has 1 aliphatic carbocycles. The zero-order valence-corrected chi connectivity index (χ0v) is 47.9. The fourth-order valence-corrected chi connectivity index (χ4v) is 18.0. The van der Waals surface area contributed by atoms with Crippen LogP contribution in [0.15, 0.2) is 170 Å². The fraction of sp³-hybridized carbons (Fsp3) is 0.373. The summed E-state index contributed by atoms with van der Waals surface area (Å²) >= 11 is 0. The summed E-state index contributed by atoms with van der Waals surface area (Å²) < 4.78 is 6.79. The maximum absolute atomic E-state index is 6.79. The number of benzene rings is 7. The summed E-state index contributed by atoms with van der Waals surface area (Å²) in [4.78, 5) is 0. The minimum Gasteiger partial charge on any atom is -0.455 e. The van der Waals surface area contributed by atoms with Gasteiger partial charge in [0.15, 0.2) is 16.6 Å². The average molecular weight is 966 g/mol. The van der Waals surface area contributed by atoms with E-state index in [1.165, 1.54) is 122 Å². The standard InChI is InChI=1S/C22H34OSi2.C20H24.C14H14.C11H16/c1-19-7-11-21(12-8-19)15-17-24(3,4)23-25(5,6)18-16-22-13-9-20(2)10-14-22;1-16-6-10-18(11-7-16)20(14-4-3-5-15-20)19-12-8-17(2)9-13-19;1-11-3-7-13(8-4-11)14-9-5-12(2)6-10-14;1-9-5-7-10(8-6-9)11(2,3)4/h7-14H,15-18H2,1-6H3;6-13H,3-5,14-15H2,1-2H3;3-10H,1-2H3;5-8H,1-4H3. The molecule has 3 heteroatoms. The molecule has 0 atom stereocenters. The summed E-state index contributed by atoms with van der Waals surface area (Å²) in [5, 5.41) is 0. The third kappa shape index (κ3) is 18.3. The number of hydrogen-bond donors (Lipinski definition) is 0. The van der Waals surface area contributed by atoms with Gasteiger partial charge in [0.1, 0.15) is 0 Å². The molecule has 0 radical (unpaired) electrons. The van der Waals surface area contributed by atoms with Crippen LogP contribution in [0.2, 0.25) is 38.3 Å². The van der Waals surface area contributed by atoms with Crippen molar-refractivity contribution in [1.82, 2.24) is 0 Å². The Morgan fingerprint density at radius 2 is 0.643 bits per heavy atom. The van der Waals surface area contributed by atoms with Crippen molar-refractivity contribution >= 4 is 16.6 Å². The highest BCUT2D eigenvalue weighted by molar-refractivity contribution is 6.84. The number of hydrogen-bond acceptors (Lipinski definition) is 1. The van der Waals surface area contributed by atoms with Crippen molar-refractivity contribution in [2.75, 3.05) is 0 Å². The first-order chi connectivity index (χ1) is 33.1. The van der Waals surface area contributed by atoms with Crippen LogP contribution in [-0.4, -0.2) is 16.6 Å². The van der Waals surface area contributed by atoms with Crippen LogP contribution < -0.4 is 0 Å². The Bertz CT molecular complexity index is 2420. The van der Waals surface area contributed by atoms with Gasteiger partial charge < -0.3 is 4.12 Å². The highest BCUT2D eigenvalue weighted by atomic mass is 28.4. The van der Waals surface area contributed by atoms with Gasteiger partial charge in [0.05, 0.1) is 0 Å². The molecule has 0 bridgehead atoms. The third-order valence-corrected chi connectivity index (χ3v) is 21.4. The molecule has 0 spiro atoms. The zero-order chi connectivity index (χ0) is 51.0. The lowest BCUT2D eigenvalue weighted by molar-refractivity contribution is 0.346. The first kappa shape index (κ1) is 55.9. The van der Waals surface area contributed by atoms with Crippen LogP contribution in [0.5, 0.6) is 0 Å². The van der Waals surface area contributed by atoms with Gasteiger partial charge in [-0.2, -0.15) is 0 Å². The molecule has 7 aromatic carbocycles. The lowest BCUT2D eigenvalue weighted by Gasteiger charge is -2.38. The molecule has 1 fully saturated rings. The van der Waals surface area contributed by atoms with Crippen LogP contribution in [0, 0.1) is 48.5 Å². The van der Waals surface area contributed by atoms with Crippen LogP contribution in [0.3, 0.4) is 0 Å². The Morgan fingerprint density at radius 1 is 0.371 bits per heavy atom. The maximum Gasteiger partial charge on any atom is 0.173 e. The molecule has 1 nitrogen and oxygen atoms in total. The normalized spacial score (nSPS) is 13.4. The maximum atomic E-state index is 6.79. The molecule has 8 rings (SSSR count). The van der Waals surface area contributed by atoms with E-state index in [-0.39, 0.29) is 10.8 Å². The molecule has 0 saturated heterocycles. The van der Waals surface area contributed by atoms with E-state index < -0.39 is 16.6 Å². The van der Waals surface area contributed by atoms with Crippen LogP contribution >= 0.6 is 0 Å². The van der Waals surface area contributed by atoms with E-state index in [4.69, 9.17) is 4.12 Å². The predicted octanol–water partition coefficient (Wildman–Crippen LogP) is 19.3. The van der Waals surface area contributed by atoms with Crippen LogP contribution in [-0.2, 0) is 27.8 Å². The third-order valence-electron chi connectivity index (χ3n) is 14.1. The van der Waals surface area contributed by atoms with Gasteiger partial charge in [-0.1, -0.05) is 249 Å². The molecule has 70 heavy (non-hydrogen) atoms. The largest absolute Gasteiger partial charge is 0.455 e. The van der Waals surface area contributed by atoms with Crippen molar-refractivity contribution in [2.24, 2.45) is 0 Å². The van der Waals surface area contributed by atoms with Gasteiger partial charge in [-0.25, -0.2) is 0 Å². The van der Waals surface area contributed by atoms with Gasteiger partial charge in [0.25, 0.3) is 0 Å². The van der Waals surface area contributed by atoms with Gasteiger partial charge in [-0.05, 0) is 157 Å². The Morgan fingerprint density at radius 3 is 0.943 bits per heavy atom. The molecule has 0 heterocycles. The second-order valence-corrected chi connectivity index (χ2v) is 31.7. The van der Waals surface area contributed by atoms with E-state index in [0.29, 0.717) is 0 Å². The lowest BCUT2D eigenvalue weighted by Crippen LogP contribution is -2.44. The molecule has 370 valence electrons. The van der Waals surface area contributed by atoms with Crippen LogP contribution in [0.25, 0.3) is 11.1 Å². The van der Waals surface area contributed by atoms with Gasteiger partial charge in [-0.3, -0.25) is 0 Å². The second kappa shape index (κ2) is 25.9. The molecule has 1 saturated carbocycles. The van der Waals surface area contributed by atoms with Crippen molar-refractivity contribution in [3.63, 3.8) is 0 Å². The molecule has 0 unspecified atom stereocenters. The summed E-state index contributed by atoms with van der Waals surface area (Å²) in [5.74, 6) is 0. The highest BCUT2D eigenvalue weighted by Crippen LogP contribution is 2.45. The monoisotopic (exact) mass is 965 g/mol. The van der Waals surface area contributed by atoms with Gasteiger partial charge in [0.2, 0.25) is 0 Å². The molecular formula is C67H88OSi2. The van der Waals surface area contributed by atoms with E-state index in [0.717, 1.165) is 12.8 Å². The van der Waals surface area contributed by atoms with E-state index in [1.807, 2.05) is 0 Å². The molecule has 0 amide bonds. The van der Waals surface area contributed by atoms with Gasteiger partial charge >= 0.3 is 0 Å². The average Bonchev–Trinajstić information content (AvgIpc) is 3.33. The van der Waals surface area contributed by atoms with Crippen molar-refractivity contribution < 1.29 is 4.12 Å². The fourth-order valence-electron chi connectivity index (χ4n) is 9.44. The summed E-state index contributed by atoms with van der Waals surface area (Å²) in [6.07, 6.45) is 8.95. The van der Waals surface area contributed by atoms with E-state index in [2.05, 4.69) is 265 Å². The van der Waals surface area contributed by atoms with Crippen molar-refractivity contribution in [3.05, 3.63) is 237 Å². The molecular weight excluding hydrogens is 877 g/mol. The SMILES string of the molecule is Cc1ccc(-c2ccc(C)cc2)cc1.Cc1ccc(C(C)(C)C)cc1.Cc1ccc(C2(c3ccc(C)cc3)CCCCC2)cc1.Cc1ccc(CC[Si](C)(C)O[Si](C)(C)CCc2ccc(C)cc2)cc1. The lowest BCUT2D eigenvalue weighted by atomic mass is 9.65. The van der Waals surface area contributed by atoms with Crippen molar-refractivity contribution in [1.29, 1.82) is 0 Å². The number of rotatable bonds is 11. The first-order valence-corrected chi connectivity index (χ1v) is 32.5.